The molecule has 3 N–H and O–H groups in total. The number of nitrogens with two attached hydrogens (primary N) is 1. The van der Waals surface area contributed by atoms with Gasteiger partial charge in [0.1, 0.15) is 12.0 Å². The molecular formula is C19H23N5O4. The number of hydrogen-bond donors (Lipinski definition) is 2. The lowest BCUT2D eigenvalue weighted by atomic mass is 10.1. The zero-order valence-electron chi connectivity index (χ0n) is 15.9. The standard InChI is InChI=1S/C19H23N5O4/c1-27-18(25)12-8-13(19(26)28-2)10-14(9-12)23-16-15(20)17(22-11-21-16)24-6-4-3-5-7-24/h8-11H,3-7,20H2,1-2H3,(H,21,22,23). The van der Waals surface area contributed by atoms with Gasteiger partial charge in [-0.15, -0.1) is 0 Å². The van der Waals surface area contributed by atoms with E-state index in [0.29, 0.717) is 23.0 Å². The van der Waals surface area contributed by atoms with Gasteiger partial charge in [-0.2, -0.15) is 0 Å². The third kappa shape index (κ3) is 4.13. The Labute approximate surface area is 162 Å². The molecule has 148 valence electrons. The Morgan fingerprint density at radius 2 is 1.61 bits per heavy atom. The number of carbonyl (C=O) groups excluding carboxylic acids is 2. The number of carbonyl (C=O) groups is 2. The summed E-state index contributed by atoms with van der Waals surface area (Å²) >= 11 is 0. The minimum atomic E-state index is -0.571. The normalized spacial score (nSPS) is 13.7. The predicted octanol–water partition coefficient (Wildman–Crippen LogP) is 2.37. The van der Waals surface area contributed by atoms with Crippen LogP contribution in [0.3, 0.4) is 0 Å². The van der Waals surface area contributed by atoms with Gasteiger partial charge >= 0.3 is 11.9 Å². The van der Waals surface area contributed by atoms with Crippen LogP contribution in [0.2, 0.25) is 0 Å². The fraction of sp³-hybridized carbons (Fsp3) is 0.368. The molecule has 0 aliphatic carbocycles. The fourth-order valence-corrected chi connectivity index (χ4v) is 3.15. The summed E-state index contributed by atoms with van der Waals surface area (Å²) < 4.78 is 9.51. The van der Waals surface area contributed by atoms with Gasteiger partial charge in [-0.3, -0.25) is 0 Å². The molecule has 28 heavy (non-hydrogen) atoms. The van der Waals surface area contributed by atoms with Crippen molar-refractivity contribution in [3.05, 3.63) is 35.7 Å². The summed E-state index contributed by atoms with van der Waals surface area (Å²) in [7, 11) is 2.54. The first-order chi connectivity index (χ1) is 13.5. The molecule has 2 aromatic rings. The summed E-state index contributed by atoms with van der Waals surface area (Å²) in [6.45, 7) is 1.79. The van der Waals surface area contributed by atoms with Crippen molar-refractivity contribution in [1.29, 1.82) is 0 Å². The van der Waals surface area contributed by atoms with Crippen LogP contribution in [0.15, 0.2) is 24.5 Å². The Balaban J connectivity index is 1.94. The van der Waals surface area contributed by atoms with Crippen molar-refractivity contribution in [3.63, 3.8) is 0 Å². The minimum absolute atomic E-state index is 0.205. The Hall–Kier alpha value is -3.36. The lowest BCUT2D eigenvalue weighted by Crippen LogP contribution is -2.31. The molecule has 2 heterocycles. The lowest BCUT2D eigenvalue weighted by molar-refractivity contribution is 0.0599. The first kappa shape index (κ1) is 19.4. The molecule has 1 aliphatic rings. The number of ether oxygens (including phenoxy) is 2. The molecule has 1 fully saturated rings. The third-order valence-corrected chi connectivity index (χ3v) is 4.56. The first-order valence-electron chi connectivity index (χ1n) is 8.97. The zero-order valence-corrected chi connectivity index (χ0v) is 15.9. The minimum Gasteiger partial charge on any atom is -0.465 e. The predicted molar refractivity (Wildman–Crippen MR) is 105 cm³/mol. The van der Waals surface area contributed by atoms with E-state index < -0.39 is 11.9 Å². The molecule has 9 nitrogen and oxygen atoms in total. The highest BCUT2D eigenvalue weighted by Gasteiger charge is 2.19. The average Bonchev–Trinajstić information content (AvgIpc) is 2.74. The van der Waals surface area contributed by atoms with Crippen LogP contribution in [-0.2, 0) is 9.47 Å². The van der Waals surface area contributed by atoms with Crippen molar-refractivity contribution in [2.24, 2.45) is 0 Å². The second-order valence-electron chi connectivity index (χ2n) is 6.41. The Morgan fingerprint density at radius 3 is 2.18 bits per heavy atom. The van der Waals surface area contributed by atoms with E-state index in [1.165, 1.54) is 33.0 Å². The number of nitrogen functional groups attached to an aromatic ring is 1. The number of esters is 2. The van der Waals surface area contributed by atoms with Gasteiger partial charge in [0.15, 0.2) is 11.6 Å². The number of aromatic nitrogens is 2. The van der Waals surface area contributed by atoms with Crippen molar-refractivity contribution in [2.45, 2.75) is 19.3 Å². The second-order valence-corrected chi connectivity index (χ2v) is 6.41. The highest BCUT2D eigenvalue weighted by atomic mass is 16.5. The van der Waals surface area contributed by atoms with Crippen LogP contribution in [0.4, 0.5) is 23.0 Å². The maximum atomic E-state index is 11.9. The molecule has 0 spiro atoms. The fourth-order valence-electron chi connectivity index (χ4n) is 3.15. The number of hydrogen-bond acceptors (Lipinski definition) is 9. The number of nitrogens with one attached hydrogen (secondary N) is 1. The van der Waals surface area contributed by atoms with E-state index in [0.717, 1.165) is 25.9 Å². The Morgan fingerprint density at radius 1 is 1.00 bits per heavy atom. The SMILES string of the molecule is COC(=O)c1cc(Nc2ncnc(N3CCCCC3)c2N)cc(C(=O)OC)c1. The molecule has 1 aliphatic heterocycles. The van der Waals surface area contributed by atoms with E-state index in [2.05, 4.69) is 20.2 Å². The molecule has 9 heteroatoms. The van der Waals surface area contributed by atoms with Crippen LogP contribution in [0.25, 0.3) is 0 Å². The van der Waals surface area contributed by atoms with Crippen LogP contribution in [-0.4, -0.2) is 49.2 Å². The van der Waals surface area contributed by atoms with Crippen molar-refractivity contribution in [2.75, 3.05) is 43.3 Å². The summed E-state index contributed by atoms with van der Waals surface area (Å²) in [4.78, 5) is 34.6. The Bertz CT molecular complexity index is 846. The summed E-state index contributed by atoms with van der Waals surface area (Å²) in [6, 6.07) is 4.52. The number of nitrogens with zero attached hydrogens (tertiary/aromatic N) is 3. The van der Waals surface area contributed by atoms with Crippen molar-refractivity contribution < 1.29 is 19.1 Å². The number of piperidine rings is 1. The van der Waals surface area contributed by atoms with Gasteiger partial charge in [0, 0.05) is 18.8 Å². The molecule has 0 atom stereocenters. The third-order valence-electron chi connectivity index (χ3n) is 4.56. The molecule has 0 unspecified atom stereocenters. The number of anilines is 4. The van der Waals surface area contributed by atoms with Gasteiger partial charge in [-0.1, -0.05) is 0 Å². The van der Waals surface area contributed by atoms with E-state index in [1.807, 2.05) is 0 Å². The van der Waals surface area contributed by atoms with Gasteiger partial charge in [-0.25, -0.2) is 19.6 Å². The van der Waals surface area contributed by atoms with E-state index in [-0.39, 0.29) is 11.1 Å². The van der Waals surface area contributed by atoms with Crippen LogP contribution in [0.1, 0.15) is 40.0 Å². The quantitative estimate of drug-likeness (QED) is 0.747. The van der Waals surface area contributed by atoms with Crippen LogP contribution in [0.5, 0.6) is 0 Å². The molecule has 1 aromatic heterocycles. The molecule has 3 rings (SSSR count). The molecule has 0 amide bonds. The summed E-state index contributed by atoms with van der Waals surface area (Å²) in [5.41, 5.74) is 7.57. The lowest BCUT2D eigenvalue weighted by Gasteiger charge is -2.28. The van der Waals surface area contributed by atoms with Gasteiger partial charge < -0.3 is 25.4 Å². The summed E-state index contributed by atoms with van der Waals surface area (Å²) in [6.07, 6.45) is 4.82. The van der Waals surface area contributed by atoms with Gasteiger partial charge in [0.05, 0.1) is 25.3 Å². The molecule has 0 radical (unpaired) electrons. The van der Waals surface area contributed by atoms with Crippen LogP contribution < -0.4 is 16.0 Å². The average molecular weight is 385 g/mol. The number of rotatable bonds is 5. The van der Waals surface area contributed by atoms with Crippen molar-refractivity contribution in [1.82, 2.24) is 9.97 Å². The van der Waals surface area contributed by atoms with E-state index in [1.54, 1.807) is 12.1 Å². The molecule has 0 saturated carbocycles. The number of benzene rings is 1. The molecule has 1 aromatic carbocycles. The topological polar surface area (TPSA) is 120 Å². The number of methoxy groups -OCH3 is 2. The molecular weight excluding hydrogens is 362 g/mol. The van der Waals surface area contributed by atoms with Crippen molar-refractivity contribution in [3.8, 4) is 0 Å². The first-order valence-corrected chi connectivity index (χ1v) is 8.97. The molecule has 1 saturated heterocycles. The van der Waals surface area contributed by atoms with E-state index in [9.17, 15) is 9.59 Å². The van der Waals surface area contributed by atoms with E-state index in [4.69, 9.17) is 15.2 Å². The smallest absolute Gasteiger partial charge is 0.337 e. The largest absolute Gasteiger partial charge is 0.465 e. The Kier molecular flexibility index (Phi) is 5.93. The maximum Gasteiger partial charge on any atom is 0.337 e. The van der Waals surface area contributed by atoms with E-state index >= 15 is 0 Å². The van der Waals surface area contributed by atoms with Gasteiger partial charge in [-0.05, 0) is 37.5 Å². The van der Waals surface area contributed by atoms with Crippen LogP contribution >= 0.6 is 0 Å². The molecule has 0 bridgehead atoms. The summed E-state index contributed by atoms with van der Waals surface area (Å²) in [5.74, 6) is -0.0696. The highest BCUT2D eigenvalue weighted by molar-refractivity contribution is 5.97. The monoisotopic (exact) mass is 385 g/mol. The highest BCUT2D eigenvalue weighted by Crippen LogP contribution is 2.30. The summed E-state index contributed by atoms with van der Waals surface area (Å²) in [5, 5.41) is 3.07. The zero-order chi connectivity index (χ0) is 20.1. The second kappa shape index (κ2) is 8.55. The van der Waals surface area contributed by atoms with Crippen molar-refractivity contribution >= 4 is 34.9 Å². The van der Waals surface area contributed by atoms with Gasteiger partial charge in [0.2, 0.25) is 0 Å². The maximum absolute atomic E-state index is 11.9. The van der Waals surface area contributed by atoms with Gasteiger partial charge in [0.25, 0.3) is 0 Å². The van der Waals surface area contributed by atoms with Crippen LogP contribution in [0, 0.1) is 0 Å².